The predicted molar refractivity (Wildman–Crippen MR) is 131 cm³/mol. The van der Waals surface area contributed by atoms with Crippen LogP contribution in [0.3, 0.4) is 0 Å². The Hall–Kier alpha value is -0.300. The minimum absolute atomic E-state index is 0.0369. The van der Waals surface area contributed by atoms with E-state index in [1.54, 1.807) is 0 Å². The fourth-order valence-electron chi connectivity index (χ4n) is 10.8. The molecular formula is C30H50O. The average Bonchev–Trinajstić information content (AvgIpc) is 2.68. The van der Waals surface area contributed by atoms with Crippen LogP contribution in [-0.2, 0) is 0 Å². The molecule has 0 heterocycles. The highest BCUT2D eigenvalue weighted by Gasteiger charge is 2.68. The van der Waals surface area contributed by atoms with E-state index in [0.29, 0.717) is 33.0 Å². The molecule has 0 unspecified atom stereocenters. The third kappa shape index (κ3) is 2.54. The van der Waals surface area contributed by atoms with Gasteiger partial charge in [-0.3, -0.25) is 0 Å². The zero-order chi connectivity index (χ0) is 22.7. The van der Waals surface area contributed by atoms with Gasteiger partial charge in [0.05, 0.1) is 6.10 Å². The third-order valence-electron chi connectivity index (χ3n) is 13.6. The quantitative estimate of drug-likeness (QED) is 0.387. The molecule has 5 aliphatic rings. The molecule has 0 bridgehead atoms. The van der Waals surface area contributed by atoms with Crippen LogP contribution in [-0.4, -0.2) is 11.2 Å². The van der Waals surface area contributed by atoms with Crippen LogP contribution in [0.25, 0.3) is 0 Å². The van der Waals surface area contributed by atoms with Crippen molar-refractivity contribution >= 4 is 0 Å². The van der Waals surface area contributed by atoms with E-state index < -0.39 is 0 Å². The maximum Gasteiger partial charge on any atom is 0.0594 e. The Morgan fingerprint density at radius 1 is 0.742 bits per heavy atom. The van der Waals surface area contributed by atoms with Gasteiger partial charge in [-0.25, -0.2) is 0 Å². The summed E-state index contributed by atoms with van der Waals surface area (Å²) in [6, 6.07) is 0. The molecule has 5 aliphatic carbocycles. The van der Waals surface area contributed by atoms with Gasteiger partial charge >= 0.3 is 0 Å². The lowest BCUT2D eigenvalue weighted by Crippen LogP contribution is -2.64. The van der Waals surface area contributed by atoms with Crippen molar-refractivity contribution in [2.45, 2.75) is 126 Å². The van der Waals surface area contributed by atoms with E-state index in [1.165, 1.54) is 57.8 Å². The van der Waals surface area contributed by atoms with Gasteiger partial charge in [0.15, 0.2) is 0 Å². The van der Waals surface area contributed by atoms with Crippen LogP contribution in [0.1, 0.15) is 120 Å². The maximum atomic E-state index is 10.9. The van der Waals surface area contributed by atoms with Gasteiger partial charge < -0.3 is 5.11 Å². The van der Waals surface area contributed by atoms with Crippen LogP contribution in [0, 0.1) is 50.2 Å². The SMILES string of the molecule is CC1(C)[C@H](O)CC[C@]2(C)[C@H]3CC[C@@]4(C)[C@H]5CCCC(C)(C)[C@@]5(C)CC[C@]4(C)C3=CC[C@@H]12. The Balaban J connectivity index is 1.57. The minimum atomic E-state index is -0.134. The summed E-state index contributed by atoms with van der Waals surface area (Å²) in [7, 11) is 0. The van der Waals surface area contributed by atoms with Gasteiger partial charge in [-0.05, 0) is 108 Å². The van der Waals surface area contributed by atoms with Gasteiger partial charge in [0, 0.05) is 0 Å². The van der Waals surface area contributed by atoms with Gasteiger partial charge in [0.25, 0.3) is 0 Å². The van der Waals surface area contributed by atoms with E-state index in [4.69, 9.17) is 0 Å². The highest BCUT2D eigenvalue weighted by Crippen LogP contribution is 2.76. The first kappa shape index (κ1) is 22.5. The summed E-state index contributed by atoms with van der Waals surface area (Å²) in [5.41, 5.74) is 4.02. The molecule has 176 valence electrons. The number of rotatable bonds is 0. The predicted octanol–water partition coefficient (Wildman–Crippen LogP) is 8.17. The van der Waals surface area contributed by atoms with Gasteiger partial charge in [0.1, 0.15) is 0 Å². The molecule has 1 heteroatoms. The first-order valence-electron chi connectivity index (χ1n) is 13.6. The number of hydrogen-bond acceptors (Lipinski definition) is 1. The number of aliphatic hydroxyl groups is 1. The summed E-state index contributed by atoms with van der Waals surface area (Å²) in [4.78, 5) is 0. The molecular weight excluding hydrogens is 376 g/mol. The summed E-state index contributed by atoms with van der Waals surface area (Å²) in [5.74, 6) is 2.21. The highest BCUT2D eigenvalue weighted by atomic mass is 16.3. The van der Waals surface area contributed by atoms with Crippen molar-refractivity contribution in [2.24, 2.45) is 50.2 Å². The summed E-state index contributed by atoms with van der Waals surface area (Å²) in [6.45, 7) is 20.6. The molecule has 0 aliphatic heterocycles. The second-order valence-electron chi connectivity index (χ2n) is 14.9. The third-order valence-corrected chi connectivity index (χ3v) is 13.6. The van der Waals surface area contributed by atoms with Crippen LogP contribution < -0.4 is 0 Å². The topological polar surface area (TPSA) is 20.2 Å². The number of aliphatic hydroxyl groups excluding tert-OH is 1. The summed E-state index contributed by atoms with van der Waals surface area (Å²) in [5, 5.41) is 10.9. The van der Waals surface area contributed by atoms with E-state index in [-0.39, 0.29) is 11.5 Å². The first-order valence-corrected chi connectivity index (χ1v) is 13.6. The molecule has 0 saturated heterocycles. The van der Waals surface area contributed by atoms with Crippen molar-refractivity contribution in [3.63, 3.8) is 0 Å². The standard InChI is InChI=1S/C30H50O/c1-25(2)15-9-10-23-29(25,7)19-18-28(6)21-11-12-22-26(3,4)24(31)14-16-27(22,5)20(21)13-17-30(23,28)8/h11,20,22-24,31H,9-10,12-19H2,1-8H3/t20-,22-,23-,24+,27+,28+,29-,30-/m0/s1. The molecule has 0 amide bonds. The fourth-order valence-corrected chi connectivity index (χ4v) is 10.8. The summed E-state index contributed by atoms with van der Waals surface area (Å²) < 4.78 is 0. The number of hydrogen-bond donors (Lipinski definition) is 1. The minimum Gasteiger partial charge on any atom is -0.393 e. The lowest BCUT2D eigenvalue weighted by molar-refractivity contribution is -0.196. The van der Waals surface area contributed by atoms with Crippen molar-refractivity contribution in [1.82, 2.24) is 0 Å². The molecule has 1 N–H and O–H groups in total. The van der Waals surface area contributed by atoms with Crippen LogP contribution in [0.2, 0.25) is 0 Å². The van der Waals surface area contributed by atoms with E-state index in [1.807, 2.05) is 5.57 Å². The number of allylic oxidation sites excluding steroid dienone is 2. The Kier molecular flexibility index (Phi) is 4.66. The molecule has 1 nitrogen and oxygen atoms in total. The Morgan fingerprint density at radius 3 is 2.16 bits per heavy atom. The van der Waals surface area contributed by atoms with Crippen molar-refractivity contribution < 1.29 is 5.11 Å². The van der Waals surface area contributed by atoms with Crippen LogP contribution in [0.4, 0.5) is 0 Å². The molecule has 5 rings (SSSR count). The van der Waals surface area contributed by atoms with Crippen LogP contribution in [0.5, 0.6) is 0 Å². The Morgan fingerprint density at radius 2 is 1.45 bits per heavy atom. The van der Waals surface area contributed by atoms with Crippen LogP contribution in [0.15, 0.2) is 11.6 Å². The summed E-state index contributed by atoms with van der Waals surface area (Å²) >= 11 is 0. The second kappa shape index (κ2) is 6.43. The maximum absolute atomic E-state index is 10.9. The largest absolute Gasteiger partial charge is 0.393 e. The summed E-state index contributed by atoms with van der Waals surface area (Å²) in [6.07, 6.45) is 15.8. The van der Waals surface area contributed by atoms with Crippen molar-refractivity contribution in [3.8, 4) is 0 Å². The van der Waals surface area contributed by atoms with E-state index in [0.717, 1.165) is 18.3 Å². The second-order valence-corrected chi connectivity index (χ2v) is 14.9. The molecule has 4 saturated carbocycles. The zero-order valence-electron chi connectivity index (χ0n) is 21.9. The fraction of sp³-hybridized carbons (Fsp3) is 0.933. The van der Waals surface area contributed by atoms with E-state index in [2.05, 4.69) is 61.5 Å². The van der Waals surface area contributed by atoms with Crippen LogP contribution >= 0.6 is 0 Å². The normalized spacial score (nSPS) is 55.2. The van der Waals surface area contributed by atoms with E-state index >= 15 is 0 Å². The molecule has 8 atom stereocenters. The Bertz CT molecular complexity index is 790. The lowest BCUT2D eigenvalue weighted by atomic mass is 9.32. The lowest BCUT2D eigenvalue weighted by Gasteiger charge is -2.72. The zero-order valence-corrected chi connectivity index (χ0v) is 21.9. The van der Waals surface area contributed by atoms with Gasteiger partial charge in [-0.15, -0.1) is 0 Å². The molecule has 31 heavy (non-hydrogen) atoms. The molecule has 4 fully saturated rings. The Labute approximate surface area is 192 Å². The van der Waals surface area contributed by atoms with Gasteiger partial charge in [0.2, 0.25) is 0 Å². The molecule has 0 aromatic rings. The van der Waals surface area contributed by atoms with Gasteiger partial charge in [-0.1, -0.05) is 73.5 Å². The van der Waals surface area contributed by atoms with Crippen molar-refractivity contribution in [3.05, 3.63) is 11.6 Å². The smallest absolute Gasteiger partial charge is 0.0594 e. The van der Waals surface area contributed by atoms with E-state index in [9.17, 15) is 5.11 Å². The van der Waals surface area contributed by atoms with Gasteiger partial charge in [-0.2, -0.15) is 0 Å². The highest BCUT2D eigenvalue weighted by molar-refractivity contribution is 5.33. The molecule has 0 spiro atoms. The molecule has 0 aromatic carbocycles. The first-order chi connectivity index (χ1) is 14.2. The molecule has 0 radical (unpaired) electrons. The molecule has 0 aromatic heterocycles. The average molecular weight is 427 g/mol. The van der Waals surface area contributed by atoms with Crippen molar-refractivity contribution in [1.29, 1.82) is 0 Å². The monoisotopic (exact) mass is 426 g/mol. The van der Waals surface area contributed by atoms with Crippen molar-refractivity contribution in [2.75, 3.05) is 0 Å². The number of fused-ring (bicyclic) bond motifs is 7.